The Balaban J connectivity index is 2.19. The molecule has 1 unspecified atom stereocenters. The molecule has 2 rings (SSSR count). The Morgan fingerprint density at radius 2 is 2.38 bits per heavy atom. The molecule has 4 nitrogen and oxygen atoms in total. The highest BCUT2D eigenvalue weighted by molar-refractivity contribution is 8.00. The van der Waals surface area contributed by atoms with Crippen molar-refractivity contribution in [2.45, 2.75) is 17.3 Å². The Bertz CT molecular complexity index is 559. The van der Waals surface area contributed by atoms with E-state index in [-0.39, 0.29) is 11.3 Å². The highest BCUT2D eigenvalue weighted by Gasteiger charge is 2.33. The molecule has 0 saturated carbocycles. The first-order chi connectivity index (χ1) is 10.2. The zero-order valence-electron chi connectivity index (χ0n) is 12.0. The molecule has 21 heavy (non-hydrogen) atoms. The van der Waals surface area contributed by atoms with E-state index in [0.29, 0.717) is 11.3 Å². The molecule has 0 spiro atoms. The second-order valence-electron chi connectivity index (χ2n) is 4.35. The summed E-state index contributed by atoms with van der Waals surface area (Å²) < 4.78 is 0. The lowest BCUT2D eigenvalue weighted by molar-refractivity contribution is -0.127. The highest BCUT2D eigenvalue weighted by Crippen LogP contribution is 2.38. The number of nitrogens with zero attached hydrogens (tertiary/aromatic N) is 3. The van der Waals surface area contributed by atoms with E-state index in [0.717, 1.165) is 28.8 Å². The lowest BCUT2D eigenvalue weighted by Crippen LogP contribution is -2.30. The molecule has 1 aliphatic heterocycles. The lowest BCUT2D eigenvalue weighted by atomic mass is 10.2. The third-order valence-corrected chi connectivity index (χ3v) is 5.90. The molecule has 0 aliphatic carbocycles. The number of rotatable bonds is 6. The van der Waals surface area contributed by atoms with Crippen molar-refractivity contribution in [1.82, 2.24) is 9.88 Å². The van der Waals surface area contributed by atoms with Crippen LogP contribution >= 0.6 is 35.3 Å². The zero-order chi connectivity index (χ0) is 15.2. The van der Waals surface area contributed by atoms with Crippen molar-refractivity contribution < 1.29 is 4.79 Å². The summed E-state index contributed by atoms with van der Waals surface area (Å²) in [5.41, 5.74) is 1.46. The number of thioether (sulfide) groups is 3. The largest absolute Gasteiger partial charge is 0.323 e. The predicted octanol–water partition coefficient (Wildman–Crippen LogP) is 3.00. The number of aromatic nitrogens is 1. The van der Waals surface area contributed by atoms with Gasteiger partial charge in [-0.05, 0) is 24.1 Å². The SMILES string of the molecule is CCSCCN1C(=O)CSC1c1ccc(C#N)c(SC)n1. The summed E-state index contributed by atoms with van der Waals surface area (Å²) in [5.74, 6) is 2.70. The van der Waals surface area contributed by atoms with E-state index in [9.17, 15) is 4.79 Å². The third kappa shape index (κ3) is 3.87. The molecule has 0 bridgehead atoms. The maximum atomic E-state index is 12.0. The average Bonchev–Trinajstić information content (AvgIpc) is 2.88. The van der Waals surface area contributed by atoms with Crippen molar-refractivity contribution >= 4 is 41.2 Å². The summed E-state index contributed by atoms with van der Waals surface area (Å²) in [7, 11) is 0. The van der Waals surface area contributed by atoms with Crippen LogP contribution in [0.1, 0.15) is 23.6 Å². The summed E-state index contributed by atoms with van der Waals surface area (Å²) in [6, 6.07) is 5.82. The molecular weight excluding hydrogens is 322 g/mol. The van der Waals surface area contributed by atoms with E-state index in [1.165, 1.54) is 11.8 Å². The Kier molecular flexibility index (Phi) is 6.27. The van der Waals surface area contributed by atoms with Gasteiger partial charge in [0.15, 0.2) is 0 Å². The van der Waals surface area contributed by atoms with Crippen molar-refractivity contribution in [3.8, 4) is 6.07 Å². The first-order valence-electron chi connectivity index (χ1n) is 6.65. The second-order valence-corrected chi connectivity index (χ2v) is 7.61. The quantitative estimate of drug-likeness (QED) is 0.586. The number of hydrogen-bond donors (Lipinski definition) is 0. The molecule has 0 aromatic carbocycles. The van der Waals surface area contributed by atoms with Crippen LogP contribution in [0.25, 0.3) is 0 Å². The fraction of sp³-hybridized carbons (Fsp3) is 0.500. The van der Waals surface area contributed by atoms with Gasteiger partial charge in [0.05, 0.1) is 17.0 Å². The maximum absolute atomic E-state index is 12.0. The topological polar surface area (TPSA) is 57.0 Å². The van der Waals surface area contributed by atoms with Gasteiger partial charge in [-0.1, -0.05) is 6.92 Å². The van der Waals surface area contributed by atoms with Gasteiger partial charge in [0, 0.05) is 12.3 Å². The molecule has 1 atom stereocenters. The highest BCUT2D eigenvalue weighted by atomic mass is 32.2. The predicted molar refractivity (Wildman–Crippen MR) is 90.6 cm³/mol. The maximum Gasteiger partial charge on any atom is 0.233 e. The minimum Gasteiger partial charge on any atom is -0.323 e. The average molecular weight is 340 g/mol. The Hall–Kier alpha value is -0.840. The van der Waals surface area contributed by atoms with Crippen LogP contribution in [0.15, 0.2) is 17.2 Å². The standard InChI is InChI=1S/C14H17N3OS3/c1-3-20-7-6-17-12(18)9-21-14(17)11-5-4-10(8-15)13(16-11)19-2/h4-5,14H,3,6-7,9H2,1-2H3. The Morgan fingerprint density at radius 1 is 1.57 bits per heavy atom. The van der Waals surface area contributed by atoms with Gasteiger partial charge in [-0.3, -0.25) is 4.79 Å². The second kappa shape index (κ2) is 7.97. The van der Waals surface area contributed by atoms with Gasteiger partial charge >= 0.3 is 0 Å². The zero-order valence-corrected chi connectivity index (χ0v) is 14.5. The van der Waals surface area contributed by atoms with Crippen LogP contribution in [0.5, 0.6) is 0 Å². The van der Waals surface area contributed by atoms with Gasteiger partial charge < -0.3 is 4.90 Å². The van der Waals surface area contributed by atoms with Gasteiger partial charge in [-0.15, -0.1) is 23.5 Å². The number of nitriles is 1. The van der Waals surface area contributed by atoms with E-state index in [2.05, 4.69) is 18.0 Å². The molecule has 1 amide bonds. The fourth-order valence-electron chi connectivity index (χ4n) is 2.08. The molecule has 2 heterocycles. The molecule has 7 heteroatoms. The molecule has 1 aromatic rings. The van der Waals surface area contributed by atoms with Crippen molar-refractivity contribution in [2.24, 2.45) is 0 Å². The molecular formula is C14H17N3OS3. The first-order valence-corrected chi connectivity index (χ1v) is 10.1. The summed E-state index contributed by atoms with van der Waals surface area (Å²) in [4.78, 5) is 18.5. The Morgan fingerprint density at radius 3 is 3.05 bits per heavy atom. The number of hydrogen-bond acceptors (Lipinski definition) is 6. The minimum atomic E-state index is -0.0198. The van der Waals surface area contributed by atoms with E-state index in [1.807, 2.05) is 29.0 Å². The monoisotopic (exact) mass is 339 g/mol. The minimum absolute atomic E-state index is 0.0198. The lowest BCUT2D eigenvalue weighted by Gasteiger charge is -2.23. The number of amides is 1. The summed E-state index contributed by atoms with van der Waals surface area (Å²) >= 11 is 4.92. The van der Waals surface area contributed by atoms with Gasteiger partial charge in [-0.25, -0.2) is 4.98 Å². The molecule has 1 aliphatic rings. The van der Waals surface area contributed by atoms with Crippen molar-refractivity contribution in [3.63, 3.8) is 0 Å². The molecule has 0 radical (unpaired) electrons. The molecule has 1 saturated heterocycles. The van der Waals surface area contributed by atoms with Crippen LogP contribution in [0.3, 0.4) is 0 Å². The van der Waals surface area contributed by atoms with E-state index in [1.54, 1.807) is 17.8 Å². The summed E-state index contributed by atoms with van der Waals surface area (Å²) in [6.07, 6.45) is 1.91. The van der Waals surface area contributed by atoms with Crippen molar-refractivity contribution in [1.29, 1.82) is 5.26 Å². The number of carbonyl (C=O) groups excluding carboxylic acids is 1. The van der Waals surface area contributed by atoms with Crippen LogP contribution < -0.4 is 0 Å². The fourth-order valence-corrected chi connectivity index (χ4v) is 4.40. The van der Waals surface area contributed by atoms with Crippen molar-refractivity contribution in [2.75, 3.05) is 30.1 Å². The van der Waals surface area contributed by atoms with E-state index in [4.69, 9.17) is 5.26 Å². The number of pyridine rings is 1. The molecule has 1 fully saturated rings. The van der Waals surface area contributed by atoms with Gasteiger partial charge in [-0.2, -0.15) is 17.0 Å². The Labute approximate surface area is 138 Å². The van der Waals surface area contributed by atoms with Gasteiger partial charge in [0.2, 0.25) is 5.91 Å². The van der Waals surface area contributed by atoms with Crippen LogP contribution in [-0.4, -0.2) is 45.9 Å². The smallest absolute Gasteiger partial charge is 0.233 e. The van der Waals surface area contributed by atoms with E-state index < -0.39 is 0 Å². The van der Waals surface area contributed by atoms with Crippen LogP contribution in [0.2, 0.25) is 0 Å². The first kappa shape index (κ1) is 16.5. The van der Waals surface area contributed by atoms with Crippen LogP contribution in [-0.2, 0) is 4.79 Å². The van der Waals surface area contributed by atoms with Gasteiger partial charge in [0.25, 0.3) is 0 Å². The number of carbonyl (C=O) groups is 1. The van der Waals surface area contributed by atoms with Crippen LogP contribution in [0, 0.1) is 11.3 Å². The van der Waals surface area contributed by atoms with Crippen LogP contribution in [0.4, 0.5) is 0 Å². The normalized spacial score (nSPS) is 18.0. The van der Waals surface area contributed by atoms with Gasteiger partial charge in [0.1, 0.15) is 16.5 Å². The molecule has 112 valence electrons. The molecule has 0 N–H and O–H groups in total. The van der Waals surface area contributed by atoms with E-state index >= 15 is 0 Å². The van der Waals surface area contributed by atoms with Crippen molar-refractivity contribution in [3.05, 3.63) is 23.4 Å². The third-order valence-electron chi connectivity index (χ3n) is 3.10. The molecule has 1 aromatic heterocycles. The summed E-state index contributed by atoms with van der Waals surface area (Å²) in [5, 5.41) is 9.78. The summed E-state index contributed by atoms with van der Waals surface area (Å²) in [6.45, 7) is 2.88.